The third kappa shape index (κ3) is 3.71. The van der Waals surface area contributed by atoms with E-state index >= 15 is 0 Å². The Balaban J connectivity index is 2.20. The van der Waals surface area contributed by atoms with Crippen LogP contribution in [0.5, 0.6) is 0 Å². The Morgan fingerprint density at radius 3 is 2.93 bits per heavy atom. The summed E-state index contributed by atoms with van der Waals surface area (Å²) in [5, 5.41) is 7.40. The number of hydrogen-bond acceptors (Lipinski definition) is 3. The largest absolute Gasteiger partial charge is 0.370 e. The van der Waals surface area contributed by atoms with E-state index in [1.54, 1.807) is 0 Å². The number of carbonyl (C=O) groups excluding carboxylic acids is 1. The van der Waals surface area contributed by atoms with Crippen molar-refractivity contribution in [2.45, 2.75) is 26.3 Å². The number of nitrogens with two attached hydrogens (primary N) is 1. The first-order chi connectivity index (χ1) is 7.11. The van der Waals surface area contributed by atoms with Gasteiger partial charge in [-0.05, 0) is 19.9 Å². The molecule has 5 heteroatoms. The summed E-state index contributed by atoms with van der Waals surface area (Å²) >= 11 is 0. The van der Waals surface area contributed by atoms with E-state index in [2.05, 4.69) is 10.4 Å². The SMILES string of the molecule is Cc1c(CNCCCC(N)=O)cnn1C. The molecular weight excluding hydrogens is 192 g/mol. The number of carbonyl (C=O) groups is 1. The lowest BCUT2D eigenvalue weighted by Gasteiger charge is -2.03. The third-order valence-electron chi connectivity index (χ3n) is 2.43. The molecule has 0 aliphatic heterocycles. The Morgan fingerprint density at radius 2 is 2.40 bits per heavy atom. The van der Waals surface area contributed by atoms with E-state index in [0.717, 1.165) is 25.2 Å². The highest BCUT2D eigenvalue weighted by Crippen LogP contribution is 2.04. The van der Waals surface area contributed by atoms with Crippen molar-refractivity contribution in [3.05, 3.63) is 17.5 Å². The summed E-state index contributed by atoms with van der Waals surface area (Å²) in [6, 6.07) is 0. The van der Waals surface area contributed by atoms with E-state index in [1.807, 2.05) is 24.9 Å². The van der Waals surface area contributed by atoms with E-state index in [0.29, 0.717) is 6.42 Å². The van der Waals surface area contributed by atoms with Gasteiger partial charge in [0, 0.05) is 31.3 Å². The molecule has 1 aromatic heterocycles. The number of aryl methyl sites for hydroxylation is 1. The van der Waals surface area contributed by atoms with Crippen LogP contribution in [0.3, 0.4) is 0 Å². The van der Waals surface area contributed by atoms with Crippen LogP contribution < -0.4 is 11.1 Å². The van der Waals surface area contributed by atoms with Gasteiger partial charge in [0.1, 0.15) is 0 Å². The van der Waals surface area contributed by atoms with Gasteiger partial charge in [0.25, 0.3) is 0 Å². The van der Waals surface area contributed by atoms with Crippen molar-refractivity contribution in [2.75, 3.05) is 6.54 Å². The van der Waals surface area contributed by atoms with E-state index in [4.69, 9.17) is 5.73 Å². The first kappa shape index (κ1) is 11.7. The standard InChI is InChI=1S/C10H18N4O/c1-8-9(7-13-14(8)2)6-12-5-3-4-10(11)15/h7,12H,3-6H2,1-2H3,(H2,11,15). The quantitative estimate of drug-likeness (QED) is 0.653. The molecule has 0 bridgehead atoms. The second-order valence-corrected chi connectivity index (χ2v) is 3.63. The number of amides is 1. The van der Waals surface area contributed by atoms with Crippen molar-refractivity contribution < 1.29 is 4.79 Å². The van der Waals surface area contributed by atoms with Crippen molar-refractivity contribution in [3.8, 4) is 0 Å². The third-order valence-corrected chi connectivity index (χ3v) is 2.43. The number of nitrogens with zero attached hydrogens (tertiary/aromatic N) is 2. The van der Waals surface area contributed by atoms with Crippen LogP contribution in [0.1, 0.15) is 24.1 Å². The molecule has 0 aliphatic rings. The first-order valence-electron chi connectivity index (χ1n) is 5.07. The van der Waals surface area contributed by atoms with Gasteiger partial charge >= 0.3 is 0 Å². The molecule has 5 nitrogen and oxygen atoms in total. The van der Waals surface area contributed by atoms with Gasteiger partial charge < -0.3 is 11.1 Å². The molecule has 3 N–H and O–H groups in total. The van der Waals surface area contributed by atoms with Crippen molar-refractivity contribution in [2.24, 2.45) is 12.8 Å². The summed E-state index contributed by atoms with van der Waals surface area (Å²) < 4.78 is 1.85. The zero-order valence-corrected chi connectivity index (χ0v) is 9.29. The zero-order valence-electron chi connectivity index (χ0n) is 9.29. The fraction of sp³-hybridized carbons (Fsp3) is 0.600. The second-order valence-electron chi connectivity index (χ2n) is 3.63. The number of aromatic nitrogens is 2. The average molecular weight is 210 g/mol. The van der Waals surface area contributed by atoms with Crippen LogP contribution in [0.15, 0.2) is 6.20 Å². The van der Waals surface area contributed by atoms with Gasteiger partial charge in [-0.25, -0.2) is 0 Å². The van der Waals surface area contributed by atoms with Gasteiger partial charge in [-0.3, -0.25) is 9.48 Å². The molecule has 0 saturated carbocycles. The first-order valence-corrected chi connectivity index (χ1v) is 5.07. The van der Waals surface area contributed by atoms with Crippen LogP contribution >= 0.6 is 0 Å². The van der Waals surface area contributed by atoms with Crippen molar-refractivity contribution >= 4 is 5.91 Å². The van der Waals surface area contributed by atoms with Gasteiger partial charge in [-0.1, -0.05) is 0 Å². The lowest BCUT2D eigenvalue weighted by atomic mass is 10.2. The minimum absolute atomic E-state index is 0.241. The average Bonchev–Trinajstić information content (AvgIpc) is 2.48. The molecule has 84 valence electrons. The van der Waals surface area contributed by atoms with Gasteiger partial charge in [0.05, 0.1) is 6.20 Å². The Morgan fingerprint density at radius 1 is 1.67 bits per heavy atom. The number of primary amides is 1. The Kier molecular flexibility index (Phi) is 4.30. The van der Waals surface area contributed by atoms with Crippen molar-refractivity contribution in [1.82, 2.24) is 15.1 Å². The minimum atomic E-state index is -0.241. The van der Waals surface area contributed by atoms with Crippen LogP contribution in [-0.4, -0.2) is 22.2 Å². The number of rotatable bonds is 6. The number of nitrogens with one attached hydrogen (secondary N) is 1. The molecule has 0 aromatic carbocycles. The van der Waals surface area contributed by atoms with Crippen molar-refractivity contribution in [1.29, 1.82) is 0 Å². The molecule has 1 rings (SSSR count). The molecule has 0 saturated heterocycles. The van der Waals surface area contributed by atoms with Crippen LogP contribution in [0.2, 0.25) is 0 Å². The molecule has 0 radical (unpaired) electrons. The Bertz CT molecular complexity index is 332. The molecule has 15 heavy (non-hydrogen) atoms. The van der Waals surface area contributed by atoms with Crippen LogP contribution in [0, 0.1) is 6.92 Å². The zero-order chi connectivity index (χ0) is 11.3. The molecule has 0 spiro atoms. The molecule has 0 fully saturated rings. The highest BCUT2D eigenvalue weighted by atomic mass is 16.1. The molecule has 0 atom stereocenters. The van der Waals surface area contributed by atoms with Crippen LogP contribution in [0.25, 0.3) is 0 Å². The van der Waals surface area contributed by atoms with Gasteiger partial charge in [-0.15, -0.1) is 0 Å². The predicted molar refractivity (Wildman–Crippen MR) is 58.1 cm³/mol. The van der Waals surface area contributed by atoms with E-state index < -0.39 is 0 Å². The van der Waals surface area contributed by atoms with Crippen LogP contribution in [-0.2, 0) is 18.4 Å². The second kappa shape index (κ2) is 5.50. The van der Waals surface area contributed by atoms with Gasteiger partial charge in [-0.2, -0.15) is 5.10 Å². The smallest absolute Gasteiger partial charge is 0.217 e. The molecule has 0 unspecified atom stereocenters. The molecule has 0 aliphatic carbocycles. The highest BCUT2D eigenvalue weighted by molar-refractivity contribution is 5.73. The summed E-state index contributed by atoms with van der Waals surface area (Å²) in [5.74, 6) is -0.241. The molecule has 1 heterocycles. The number of hydrogen-bond donors (Lipinski definition) is 2. The maximum Gasteiger partial charge on any atom is 0.217 e. The Hall–Kier alpha value is -1.36. The van der Waals surface area contributed by atoms with Crippen LogP contribution in [0.4, 0.5) is 0 Å². The maximum atomic E-state index is 10.5. The summed E-state index contributed by atoms with van der Waals surface area (Å²) in [7, 11) is 1.92. The summed E-state index contributed by atoms with van der Waals surface area (Å²) in [6.07, 6.45) is 3.09. The van der Waals surface area contributed by atoms with Gasteiger partial charge in [0.15, 0.2) is 0 Å². The summed E-state index contributed by atoms with van der Waals surface area (Å²) in [6.45, 7) is 3.63. The summed E-state index contributed by atoms with van der Waals surface area (Å²) in [4.78, 5) is 10.5. The fourth-order valence-corrected chi connectivity index (χ4v) is 1.33. The topological polar surface area (TPSA) is 72.9 Å². The predicted octanol–water partition coefficient (Wildman–Crippen LogP) is 0.0836. The fourth-order valence-electron chi connectivity index (χ4n) is 1.33. The lowest BCUT2D eigenvalue weighted by Crippen LogP contribution is -2.18. The summed E-state index contributed by atoms with van der Waals surface area (Å²) in [5.41, 5.74) is 7.39. The molecule has 1 aromatic rings. The van der Waals surface area contributed by atoms with Gasteiger partial charge in [0.2, 0.25) is 5.91 Å². The highest BCUT2D eigenvalue weighted by Gasteiger charge is 2.02. The lowest BCUT2D eigenvalue weighted by molar-refractivity contribution is -0.118. The molecular formula is C10H18N4O. The molecule has 1 amide bonds. The minimum Gasteiger partial charge on any atom is -0.370 e. The normalized spacial score (nSPS) is 10.5. The van der Waals surface area contributed by atoms with E-state index in [1.165, 1.54) is 5.56 Å². The monoisotopic (exact) mass is 210 g/mol. The van der Waals surface area contributed by atoms with E-state index in [9.17, 15) is 4.79 Å². The maximum absolute atomic E-state index is 10.5. The van der Waals surface area contributed by atoms with Crippen molar-refractivity contribution in [3.63, 3.8) is 0 Å². The Labute approximate surface area is 89.6 Å². The van der Waals surface area contributed by atoms with E-state index in [-0.39, 0.29) is 5.91 Å².